The number of hydrogen-bond acceptors (Lipinski definition) is 4. The van der Waals surface area contributed by atoms with Crippen molar-refractivity contribution in [1.29, 1.82) is 0 Å². The van der Waals surface area contributed by atoms with E-state index in [0.29, 0.717) is 18.1 Å². The van der Waals surface area contributed by atoms with Gasteiger partial charge in [-0.25, -0.2) is 0 Å². The van der Waals surface area contributed by atoms with E-state index in [2.05, 4.69) is 10.2 Å². The first-order valence-electron chi connectivity index (χ1n) is 7.01. The van der Waals surface area contributed by atoms with Crippen LogP contribution in [0.15, 0.2) is 18.2 Å². The molecule has 5 nitrogen and oxygen atoms in total. The van der Waals surface area contributed by atoms with Crippen molar-refractivity contribution in [1.82, 2.24) is 15.1 Å². The summed E-state index contributed by atoms with van der Waals surface area (Å²) in [7, 11) is 5.22. The monoisotopic (exact) mass is 311 g/mol. The molecule has 1 aromatic carbocycles. The molecule has 21 heavy (non-hydrogen) atoms. The van der Waals surface area contributed by atoms with Gasteiger partial charge in [0, 0.05) is 50.9 Å². The number of halogens is 1. The summed E-state index contributed by atoms with van der Waals surface area (Å²) in [6, 6.07) is 5.42. The fraction of sp³-hybridized carbons (Fsp3) is 0.533. The summed E-state index contributed by atoms with van der Waals surface area (Å²) in [5.41, 5.74) is 1.00. The molecule has 0 saturated carbocycles. The van der Waals surface area contributed by atoms with Gasteiger partial charge in [0.15, 0.2) is 0 Å². The maximum absolute atomic E-state index is 12.3. The lowest BCUT2D eigenvalue weighted by Crippen LogP contribution is -2.57. The second-order valence-electron chi connectivity index (χ2n) is 5.38. The molecule has 0 aromatic heterocycles. The van der Waals surface area contributed by atoms with Crippen molar-refractivity contribution in [3.8, 4) is 5.75 Å². The van der Waals surface area contributed by atoms with Crippen LogP contribution in [0.4, 0.5) is 0 Å². The highest BCUT2D eigenvalue weighted by Crippen LogP contribution is 2.25. The van der Waals surface area contributed by atoms with Crippen molar-refractivity contribution in [2.24, 2.45) is 0 Å². The Morgan fingerprint density at radius 1 is 1.52 bits per heavy atom. The number of nitrogens with one attached hydrogen (secondary N) is 1. The highest BCUT2D eigenvalue weighted by Gasteiger charge is 2.30. The van der Waals surface area contributed by atoms with E-state index in [1.165, 1.54) is 0 Å². The minimum atomic E-state index is -0.155. The van der Waals surface area contributed by atoms with Gasteiger partial charge in [-0.15, -0.1) is 0 Å². The molecule has 6 heteroatoms. The highest BCUT2D eigenvalue weighted by atomic mass is 35.5. The Hall–Kier alpha value is -1.30. The first-order valence-corrected chi connectivity index (χ1v) is 7.39. The number of carbonyl (C=O) groups excluding carboxylic acids is 1. The van der Waals surface area contributed by atoms with Gasteiger partial charge in [-0.2, -0.15) is 0 Å². The smallest absolute Gasteiger partial charge is 0.240 e. The van der Waals surface area contributed by atoms with Crippen LogP contribution in [0.1, 0.15) is 5.56 Å². The van der Waals surface area contributed by atoms with E-state index in [-0.39, 0.29) is 11.9 Å². The molecule has 1 unspecified atom stereocenters. The molecule has 1 aliphatic rings. The van der Waals surface area contributed by atoms with Gasteiger partial charge in [0.05, 0.1) is 7.11 Å². The van der Waals surface area contributed by atoms with E-state index in [0.717, 1.165) is 24.4 Å². The molecule has 2 rings (SSSR count). The van der Waals surface area contributed by atoms with Gasteiger partial charge < -0.3 is 15.0 Å². The second kappa shape index (κ2) is 7.11. The summed E-state index contributed by atoms with van der Waals surface area (Å²) in [5.74, 6) is 0.914. The molecule has 1 heterocycles. The zero-order chi connectivity index (χ0) is 15.4. The molecule has 1 N–H and O–H groups in total. The van der Waals surface area contributed by atoms with Crippen LogP contribution < -0.4 is 10.1 Å². The van der Waals surface area contributed by atoms with Gasteiger partial charge >= 0.3 is 0 Å². The summed E-state index contributed by atoms with van der Waals surface area (Å²) in [6.45, 7) is 3.01. The maximum Gasteiger partial charge on any atom is 0.240 e. The van der Waals surface area contributed by atoms with Crippen LogP contribution in [0, 0.1) is 0 Å². The fourth-order valence-electron chi connectivity index (χ4n) is 2.57. The van der Waals surface area contributed by atoms with Crippen molar-refractivity contribution >= 4 is 17.5 Å². The predicted molar refractivity (Wildman–Crippen MR) is 83.8 cm³/mol. The quantitative estimate of drug-likeness (QED) is 0.908. The van der Waals surface area contributed by atoms with Gasteiger partial charge in [-0.05, 0) is 18.2 Å². The first kappa shape index (κ1) is 16.1. The first-order chi connectivity index (χ1) is 10.0. The summed E-state index contributed by atoms with van der Waals surface area (Å²) in [5, 5.41) is 3.96. The average molecular weight is 312 g/mol. The Bertz CT molecular complexity index is 508. The van der Waals surface area contributed by atoms with Crippen LogP contribution in [0.5, 0.6) is 5.75 Å². The molecule has 1 aromatic rings. The molecule has 0 bridgehead atoms. The van der Waals surface area contributed by atoms with E-state index >= 15 is 0 Å². The van der Waals surface area contributed by atoms with Crippen LogP contribution >= 0.6 is 11.6 Å². The van der Waals surface area contributed by atoms with Crippen LogP contribution in [0.25, 0.3) is 0 Å². The van der Waals surface area contributed by atoms with E-state index in [9.17, 15) is 4.79 Å². The lowest BCUT2D eigenvalue weighted by molar-refractivity contribution is -0.135. The number of benzene rings is 1. The molecule has 1 aliphatic heterocycles. The van der Waals surface area contributed by atoms with Gasteiger partial charge in [-0.1, -0.05) is 11.6 Å². The fourth-order valence-corrected chi connectivity index (χ4v) is 2.76. The van der Waals surface area contributed by atoms with Crippen molar-refractivity contribution in [2.45, 2.75) is 12.6 Å². The van der Waals surface area contributed by atoms with E-state index in [1.807, 2.05) is 18.2 Å². The minimum Gasteiger partial charge on any atom is -0.496 e. The Labute approximate surface area is 130 Å². The molecule has 1 saturated heterocycles. The van der Waals surface area contributed by atoms with Crippen LogP contribution in [0.3, 0.4) is 0 Å². The van der Waals surface area contributed by atoms with Crippen LogP contribution in [-0.4, -0.2) is 62.6 Å². The van der Waals surface area contributed by atoms with Crippen molar-refractivity contribution < 1.29 is 9.53 Å². The third-order valence-electron chi connectivity index (χ3n) is 3.70. The van der Waals surface area contributed by atoms with Gasteiger partial charge in [-0.3, -0.25) is 9.69 Å². The third-order valence-corrected chi connectivity index (χ3v) is 3.93. The molecule has 1 fully saturated rings. The minimum absolute atomic E-state index is 0.114. The van der Waals surface area contributed by atoms with E-state index in [1.54, 1.807) is 26.1 Å². The largest absolute Gasteiger partial charge is 0.496 e. The van der Waals surface area contributed by atoms with Crippen LogP contribution in [0.2, 0.25) is 5.02 Å². The number of ether oxygens (including phenoxy) is 1. The number of methoxy groups -OCH3 is 1. The van der Waals surface area contributed by atoms with Crippen molar-refractivity contribution in [3.63, 3.8) is 0 Å². The number of hydrogen-bond donors (Lipinski definition) is 1. The number of likely N-dealkylation sites (N-methyl/N-ethyl adjacent to an activating group) is 1. The zero-order valence-corrected chi connectivity index (χ0v) is 13.5. The number of nitrogens with zero attached hydrogens (tertiary/aromatic N) is 2. The third kappa shape index (κ3) is 3.87. The molecule has 0 spiro atoms. The van der Waals surface area contributed by atoms with Crippen molar-refractivity contribution in [3.05, 3.63) is 28.8 Å². The lowest BCUT2D eigenvalue weighted by Gasteiger charge is -2.36. The molecular weight excluding hydrogens is 290 g/mol. The summed E-state index contributed by atoms with van der Waals surface area (Å²) >= 11 is 6.08. The summed E-state index contributed by atoms with van der Waals surface area (Å²) in [4.78, 5) is 16.1. The molecule has 1 amide bonds. The van der Waals surface area contributed by atoms with Gasteiger partial charge in [0.2, 0.25) is 5.91 Å². The SMILES string of the molecule is COc1ccc(Cl)cc1CN1CCNCC1C(=O)N(C)C. The van der Waals surface area contributed by atoms with E-state index in [4.69, 9.17) is 16.3 Å². The zero-order valence-electron chi connectivity index (χ0n) is 12.7. The van der Waals surface area contributed by atoms with Crippen molar-refractivity contribution in [2.75, 3.05) is 40.8 Å². The number of rotatable bonds is 4. The van der Waals surface area contributed by atoms with Gasteiger partial charge in [0.1, 0.15) is 11.8 Å². The molecule has 0 radical (unpaired) electrons. The molecular formula is C15H22ClN3O2. The van der Waals surface area contributed by atoms with E-state index < -0.39 is 0 Å². The molecule has 1 atom stereocenters. The molecule has 0 aliphatic carbocycles. The standard InChI is InChI=1S/C15H22ClN3O2/c1-18(2)15(20)13-9-17-6-7-19(13)10-11-8-12(16)4-5-14(11)21-3/h4-5,8,13,17H,6-7,9-10H2,1-3H3. The Morgan fingerprint density at radius 2 is 2.29 bits per heavy atom. The maximum atomic E-state index is 12.3. The summed E-state index contributed by atoms with van der Waals surface area (Å²) in [6.07, 6.45) is 0. The number of carbonyl (C=O) groups is 1. The van der Waals surface area contributed by atoms with Crippen LogP contribution in [-0.2, 0) is 11.3 Å². The predicted octanol–water partition coefficient (Wildman–Crippen LogP) is 1.21. The highest BCUT2D eigenvalue weighted by molar-refractivity contribution is 6.30. The van der Waals surface area contributed by atoms with Gasteiger partial charge in [0.25, 0.3) is 0 Å². The Balaban J connectivity index is 2.19. The lowest BCUT2D eigenvalue weighted by atomic mass is 10.1. The second-order valence-corrected chi connectivity index (χ2v) is 5.82. The Kier molecular flexibility index (Phi) is 5.45. The Morgan fingerprint density at radius 3 is 2.95 bits per heavy atom. The number of amides is 1. The summed E-state index contributed by atoms with van der Waals surface area (Å²) < 4.78 is 5.39. The number of piperazine rings is 1. The topological polar surface area (TPSA) is 44.8 Å². The average Bonchev–Trinajstić information content (AvgIpc) is 2.47. The normalized spacial score (nSPS) is 19.3. The molecule has 116 valence electrons.